The molecule has 0 bridgehead atoms. The van der Waals surface area contributed by atoms with Crippen LogP contribution in [0.5, 0.6) is 5.75 Å². The van der Waals surface area contributed by atoms with Crippen LogP contribution in [0.4, 0.5) is 0 Å². The minimum Gasteiger partial charge on any atom is -0.493 e. The van der Waals surface area contributed by atoms with Gasteiger partial charge in [0.05, 0.1) is 18.1 Å². The number of benzene rings is 1. The smallest absolute Gasteiger partial charge is 0.119 e. The van der Waals surface area contributed by atoms with Crippen LogP contribution in [0.1, 0.15) is 32.3 Å². The molecule has 2 heteroatoms. The van der Waals surface area contributed by atoms with E-state index in [0.29, 0.717) is 5.92 Å². The summed E-state index contributed by atoms with van der Waals surface area (Å²) in [4.78, 5) is 0. The molecule has 0 amide bonds. The second-order valence-corrected chi connectivity index (χ2v) is 4.92. The molecule has 2 rings (SSSR count). The molecule has 0 N–H and O–H groups in total. The molecular formula is C14H17NO. The maximum absolute atomic E-state index is 9.07. The Morgan fingerprint density at radius 2 is 1.94 bits per heavy atom. The third-order valence-electron chi connectivity index (χ3n) is 2.95. The maximum Gasteiger partial charge on any atom is 0.119 e. The minimum atomic E-state index is -0.184. The van der Waals surface area contributed by atoms with Crippen molar-refractivity contribution in [2.24, 2.45) is 5.92 Å². The lowest BCUT2D eigenvalue weighted by Crippen LogP contribution is -2.05. The van der Waals surface area contributed by atoms with Crippen LogP contribution in [0.2, 0.25) is 0 Å². The van der Waals surface area contributed by atoms with Gasteiger partial charge in [-0.15, -0.1) is 0 Å². The summed E-state index contributed by atoms with van der Waals surface area (Å²) in [6.45, 7) is 5.00. The van der Waals surface area contributed by atoms with Gasteiger partial charge in [0.25, 0.3) is 0 Å². The number of ether oxygens (including phenoxy) is 1. The van der Waals surface area contributed by atoms with E-state index in [9.17, 15) is 0 Å². The van der Waals surface area contributed by atoms with E-state index in [1.807, 2.05) is 24.3 Å². The molecule has 1 fully saturated rings. The zero-order valence-electron chi connectivity index (χ0n) is 9.86. The van der Waals surface area contributed by atoms with Gasteiger partial charge in [0.15, 0.2) is 0 Å². The van der Waals surface area contributed by atoms with Gasteiger partial charge in [0.1, 0.15) is 5.75 Å². The Balaban J connectivity index is 2.03. The molecule has 16 heavy (non-hydrogen) atoms. The first kappa shape index (κ1) is 11.0. The number of hydrogen-bond acceptors (Lipinski definition) is 2. The zero-order chi connectivity index (χ0) is 11.6. The fraction of sp³-hybridized carbons (Fsp3) is 0.500. The van der Waals surface area contributed by atoms with Crippen molar-refractivity contribution >= 4 is 0 Å². The third kappa shape index (κ3) is 2.19. The summed E-state index contributed by atoms with van der Waals surface area (Å²) in [5.41, 5.74) is 0.947. The van der Waals surface area contributed by atoms with Gasteiger partial charge in [-0.1, -0.05) is 26.0 Å². The van der Waals surface area contributed by atoms with E-state index < -0.39 is 0 Å². The summed E-state index contributed by atoms with van der Waals surface area (Å²) >= 11 is 0. The van der Waals surface area contributed by atoms with Crippen molar-refractivity contribution in [1.82, 2.24) is 0 Å². The minimum absolute atomic E-state index is 0.184. The van der Waals surface area contributed by atoms with Crippen molar-refractivity contribution in [2.75, 3.05) is 6.61 Å². The van der Waals surface area contributed by atoms with E-state index in [1.165, 1.54) is 0 Å². The van der Waals surface area contributed by atoms with Gasteiger partial charge in [0, 0.05) is 0 Å². The highest BCUT2D eigenvalue weighted by atomic mass is 16.5. The van der Waals surface area contributed by atoms with E-state index in [2.05, 4.69) is 19.9 Å². The Bertz CT molecular complexity index is 396. The fourth-order valence-corrected chi connectivity index (χ4v) is 1.72. The standard InChI is InChI=1S/C14H17NO/c1-11(2)9-16-13-5-3-12(4-6-13)14(10-15)7-8-14/h3-6,11H,7-9H2,1-2H3. The predicted octanol–water partition coefficient (Wildman–Crippen LogP) is 3.28. The topological polar surface area (TPSA) is 33.0 Å². The molecule has 1 aromatic rings. The number of nitriles is 1. The molecule has 0 unspecified atom stereocenters. The highest BCUT2D eigenvalue weighted by Gasteiger charge is 2.44. The summed E-state index contributed by atoms with van der Waals surface area (Å²) in [6, 6.07) is 10.4. The molecule has 0 radical (unpaired) electrons. The fourth-order valence-electron chi connectivity index (χ4n) is 1.72. The van der Waals surface area contributed by atoms with Crippen molar-refractivity contribution in [3.05, 3.63) is 29.8 Å². The Morgan fingerprint density at radius 3 is 2.38 bits per heavy atom. The lowest BCUT2D eigenvalue weighted by molar-refractivity contribution is 0.271. The Kier molecular flexibility index (Phi) is 2.87. The third-order valence-corrected chi connectivity index (χ3v) is 2.95. The molecule has 0 heterocycles. The van der Waals surface area contributed by atoms with Gasteiger partial charge < -0.3 is 4.74 Å². The van der Waals surface area contributed by atoms with Crippen LogP contribution < -0.4 is 4.74 Å². The highest BCUT2D eigenvalue weighted by molar-refractivity contribution is 5.41. The van der Waals surface area contributed by atoms with Gasteiger partial charge in [-0.2, -0.15) is 5.26 Å². The summed E-state index contributed by atoms with van der Waals surface area (Å²) in [7, 11) is 0. The maximum atomic E-state index is 9.07. The molecule has 0 aromatic heterocycles. The van der Waals surface area contributed by atoms with E-state index >= 15 is 0 Å². The second kappa shape index (κ2) is 4.17. The van der Waals surface area contributed by atoms with Crippen molar-refractivity contribution in [1.29, 1.82) is 5.26 Å². The van der Waals surface area contributed by atoms with Crippen LogP contribution in [0.25, 0.3) is 0 Å². The predicted molar refractivity (Wildman–Crippen MR) is 63.3 cm³/mol. The van der Waals surface area contributed by atoms with Gasteiger partial charge in [-0.05, 0) is 36.5 Å². The van der Waals surface area contributed by atoms with E-state index in [-0.39, 0.29) is 5.41 Å². The molecule has 0 saturated heterocycles. The van der Waals surface area contributed by atoms with E-state index in [1.54, 1.807) is 0 Å². The molecule has 0 aliphatic heterocycles. The summed E-state index contributed by atoms with van der Waals surface area (Å²) in [6.07, 6.45) is 1.99. The Morgan fingerprint density at radius 1 is 1.31 bits per heavy atom. The average Bonchev–Trinajstić information content (AvgIpc) is 3.08. The van der Waals surface area contributed by atoms with Crippen LogP contribution in [0.15, 0.2) is 24.3 Å². The SMILES string of the molecule is CC(C)COc1ccc(C2(C#N)CC2)cc1. The quantitative estimate of drug-likeness (QED) is 0.772. The number of rotatable bonds is 4. The van der Waals surface area contributed by atoms with E-state index in [4.69, 9.17) is 10.00 Å². The Hall–Kier alpha value is -1.49. The first-order valence-electron chi connectivity index (χ1n) is 5.81. The molecule has 1 aliphatic carbocycles. The number of hydrogen-bond donors (Lipinski definition) is 0. The van der Waals surface area contributed by atoms with Crippen LogP contribution in [0.3, 0.4) is 0 Å². The van der Waals surface area contributed by atoms with Gasteiger partial charge in [0.2, 0.25) is 0 Å². The lowest BCUT2D eigenvalue weighted by atomic mass is 9.98. The van der Waals surface area contributed by atoms with Crippen LogP contribution >= 0.6 is 0 Å². The monoisotopic (exact) mass is 215 g/mol. The van der Waals surface area contributed by atoms with Gasteiger partial charge in [-0.3, -0.25) is 0 Å². The van der Waals surface area contributed by atoms with Crippen LogP contribution in [-0.4, -0.2) is 6.61 Å². The van der Waals surface area contributed by atoms with Crippen molar-refractivity contribution in [3.8, 4) is 11.8 Å². The molecule has 0 spiro atoms. The summed E-state index contributed by atoms with van der Waals surface area (Å²) < 4.78 is 5.61. The molecule has 1 aromatic carbocycles. The largest absolute Gasteiger partial charge is 0.493 e. The van der Waals surface area contributed by atoms with E-state index in [0.717, 1.165) is 30.8 Å². The first-order valence-corrected chi connectivity index (χ1v) is 5.81. The summed E-state index contributed by atoms with van der Waals surface area (Å²) in [5, 5.41) is 9.07. The van der Waals surface area contributed by atoms with Crippen molar-refractivity contribution in [3.63, 3.8) is 0 Å². The highest BCUT2D eigenvalue weighted by Crippen LogP contribution is 2.47. The van der Waals surface area contributed by atoms with Crippen molar-refractivity contribution in [2.45, 2.75) is 32.1 Å². The normalized spacial score (nSPS) is 16.9. The molecule has 1 aliphatic rings. The lowest BCUT2D eigenvalue weighted by Gasteiger charge is -2.10. The molecular weight excluding hydrogens is 198 g/mol. The Labute approximate surface area is 96.9 Å². The first-order chi connectivity index (χ1) is 7.66. The number of nitrogens with zero attached hydrogens (tertiary/aromatic N) is 1. The molecule has 0 atom stereocenters. The molecule has 2 nitrogen and oxygen atoms in total. The van der Waals surface area contributed by atoms with Crippen molar-refractivity contribution < 1.29 is 4.74 Å². The van der Waals surface area contributed by atoms with Gasteiger partial charge >= 0.3 is 0 Å². The molecule has 1 saturated carbocycles. The average molecular weight is 215 g/mol. The van der Waals surface area contributed by atoms with Crippen LogP contribution in [-0.2, 0) is 5.41 Å². The second-order valence-electron chi connectivity index (χ2n) is 4.92. The molecule has 84 valence electrons. The van der Waals surface area contributed by atoms with Gasteiger partial charge in [-0.25, -0.2) is 0 Å². The zero-order valence-corrected chi connectivity index (χ0v) is 9.86. The van der Waals surface area contributed by atoms with Crippen LogP contribution in [0, 0.1) is 17.2 Å². The summed E-state index contributed by atoms with van der Waals surface area (Å²) in [5.74, 6) is 1.43.